The summed E-state index contributed by atoms with van der Waals surface area (Å²) in [5.41, 5.74) is -0.540. The Morgan fingerprint density at radius 1 is 1.07 bits per heavy atom. The van der Waals surface area contributed by atoms with Gasteiger partial charge in [-0.25, -0.2) is 4.98 Å². The minimum atomic E-state index is -4.67. The number of halogens is 4. The van der Waals surface area contributed by atoms with E-state index in [0.717, 1.165) is 32.2 Å². The molecular weight excluding hydrogens is 589 g/mol. The van der Waals surface area contributed by atoms with Gasteiger partial charge in [0.25, 0.3) is 11.8 Å². The molecule has 6 rings (SSSR count). The molecule has 3 aliphatic rings. The minimum Gasteiger partial charge on any atom is -0.338 e. The van der Waals surface area contributed by atoms with Crippen LogP contribution in [0.5, 0.6) is 0 Å². The summed E-state index contributed by atoms with van der Waals surface area (Å²) in [6.07, 6.45) is 1.21. The third-order valence-electron chi connectivity index (χ3n) is 8.08. The quantitative estimate of drug-likeness (QED) is 0.436. The van der Waals surface area contributed by atoms with E-state index in [1.54, 1.807) is 9.80 Å². The molecule has 0 unspecified atom stereocenters. The highest BCUT2D eigenvalue weighted by Crippen LogP contribution is 2.41. The lowest BCUT2D eigenvalue weighted by Crippen LogP contribution is -2.54. The molecule has 0 bridgehead atoms. The van der Waals surface area contributed by atoms with Crippen LogP contribution in [0.2, 0.25) is 5.02 Å². The van der Waals surface area contributed by atoms with E-state index < -0.39 is 17.8 Å². The van der Waals surface area contributed by atoms with Crippen LogP contribution < -0.4 is 10.6 Å². The van der Waals surface area contributed by atoms with E-state index in [-0.39, 0.29) is 57.3 Å². The van der Waals surface area contributed by atoms with E-state index >= 15 is 0 Å². The zero-order chi connectivity index (χ0) is 30.5. The summed E-state index contributed by atoms with van der Waals surface area (Å²) in [7, 11) is 1.46. The summed E-state index contributed by atoms with van der Waals surface area (Å²) in [5, 5.41) is 9.74. The van der Waals surface area contributed by atoms with Gasteiger partial charge in [0.1, 0.15) is 0 Å². The average molecular weight is 619 g/mol. The molecule has 0 spiro atoms. The van der Waals surface area contributed by atoms with Crippen molar-refractivity contribution in [2.24, 2.45) is 7.05 Å². The number of nitrogens with one attached hydrogen (secondary N) is 2. The molecule has 4 heterocycles. The van der Waals surface area contributed by atoms with Crippen molar-refractivity contribution in [3.63, 3.8) is 0 Å². The maximum Gasteiger partial charge on any atom is 0.435 e. The van der Waals surface area contributed by atoms with Crippen LogP contribution in [0.4, 0.5) is 18.9 Å². The van der Waals surface area contributed by atoms with E-state index in [4.69, 9.17) is 11.6 Å². The van der Waals surface area contributed by atoms with Gasteiger partial charge in [-0.1, -0.05) is 11.6 Å². The van der Waals surface area contributed by atoms with Crippen molar-refractivity contribution < 1.29 is 27.6 Å². The number of rotatable bonds is 6. The fraction of sp³-hybridized carbons (Fsp3) is 0.464. The van der Waals surface area contributed by atoms with Gasteiger partial charge in [0.2, 0.25) is 5.91 Å². The van der Waals surface area contributed by atoms with E-state index in [1.807, 2.05) is 0 Å². The third kappa shape index (κ3) is 5.85. The smallest absolute Gasteiger partial charge is 0.338 e. The van der Waals surface area contributed by atoms with Crippen molar-refractivity contribution in [3.05, 3.63) is 52.7 Å². The normalized spacial score (nSPS) is 19.1. The molecule has 0 radical (unpaired) electrons. The highest BCUT2D eigenvalue weighted by atomic mass is 35.5. The number of carbonyl (C=O) groups excluding carboxylic acids is 3. The maximum atomic E-state index is 13.7. The SMILES string of the molecule is Cn1c(-c2cn(C3CC3)nc2C(F)(F)F)cnc1C(=O)Nc1ccc(C(=O)N2CCN(C(=O)[C@H]3CCCN3)CC2)c(Cl)c1. The first-order chi connectivity index (χ1) is 20.5. The molecule has 15 heteroatoms. The molecule has 3 aromatic rings. The summed E-state index contributed by atoms with van der Waals surface area (Å²) >= 11 is 6.44. The van der Waals surface area contributed by atoms with Gasteiger partial charge in [-0.15, -0.1) is 0 Å². The summed E-state index contributed by atoms with van der Waals surface area (Å²) < 4.78 is 43.8. The van der Waals surface area contributed by atoms with Crippen molar-refractivity contribution in [2.45, 2.75) is 43.9 Å². The predicted molar refractivity (Wildman–Crippen MR) is 151 cm³/mol. The zero-order valence-corrected chi connectivity index (χ0v) is 24.1. The Bertz CT molecular complexity index is 1570. The number of carbonyl (C=O) groups is 3. The molecular formula is C28H30ClF3N8O3. The number of hydrogen-bond acceptors (Lipinski definition) is 6. The van der Waals surface area contributed by atoms with Gasteiger partial charge in [-0.2, -0.15) is 18.3 Å². The number of hydrogen-bond donors (Lipinski definition) is 2. The van der Waals surface area contributed by atoms with Crippen molar-refractivity contribution in [3.8, 4) is 11.3 Å². The standard InChI is InChI=1S/C28H30ClF3N8O3/c1-37-22(19-15-40(17-5-6-17)36-23(19)28(30,31)32)14-34-24(37)25(41)35-16-4-7-18(20(29)13-16)26(42)38-9-11-39(12-10-38)27(43)21-3-2-8-33-21/h4,7,13-15,17,21,33H,2-3,5-6,8-12H2,1H3,(H,35,41)/t21-/m1/s1. The zero-order valence-electron chi connectivity index (χ0n) is 23.3. The van der Waals surface area contributed by atoms with E-state index in [2.05, 4.69) is 20.7 Å². The lowest BCUT2D eigenvalue weighted by Gasteiger charge is -2.36. The van der Waals surface area contributed by atoms with E-state index in [9.17, 15) is 27.6 Å². The first-order valence-electron chi connectivity index (χ1n) is 14.1. The van der Waals surface area contributed by atoms with Crippen molar-refractivity contribution in [1.82, 2.24) is 34.4 Å². The molecule has 2 aliphatic heterocycles. The predicted octanol–water partition coefficient (Wildman–Crippen LogP) is 3.58. The van der Waals surface area contributed by atoms with Crippen molar-refractivity contribution in [1.29, 1.82) is 0 Å². The van der Waals surface area contributed by atoms with Gasteiger partial charge in [0, 0.05) is 45.1 Å². The number of anilines is 1. The van der Waals surface area contributed by atoms with E-state index in [1.165, 1.54) is 46.9 Å². The molecule has 1 aromatic carbocycles. The number of aromatic nitrogens is 4. The number of imidazole rings is 1. The first kappa shape index (κ1) is 29.2. The number of amides is 3. The second-order valence-electron chi connectivity index (χ2n) is 11.0. The molecule has 11 nitrogen and oxygen atoms in total. The Labute approximate surface area is 250 Å². The number of benzene rings is 1. The lowest BCUT2D eigenvalue weighted by molar-refractivity contribution is -0.141. The molecule has 2 aromatic heterocycles. The second-order valence-corrected chi connectivity index (χ2v) is 11.4. The van der Waals surface area contributed by atoms with Crippen LogP contribution in [-0.4, -0.2) is 85.6 Å². The Morgan fingerprint density at radius 2 is 1.79 bits per heavy atom. The number of alkyl halides is 3. The van der Waals surface area contributed by atoms with Crippen LogP contribution in [0.3, 0.4) is 0 Å². The molecule has 2 saturated heterocycles. The molecule has 228 valence electrons. The minimum absolute atomic E-state index is 0.0570. The molecule has 2 N–H and O–H groups in total. The Morgan fingerprint density at radius 3 is 2.42 bits per heavy atom. The molecule has 43 heavy (non-hydrogen) atoms. The maximum absolute atomic E-state index is 13.7. The number of piperazine rings is 1. The van der Waals surface area contributed by atoms with Gasteiger partial charge in [0.15, 0.2) is 11.5 Å². The lowest BCUT2D eigenvalue weighted by atomic mass is 10.1. The topological polar surface area (TPSA) is 117 Å². The van der Waals surface area contributed by atoms with Gasteiger partial charge in [-0.3, -0.25) is 19.1 Å². The summed E-state index contributed by atoms with van der Waals surface area (Å²) in [6, 6.07) is 4.25. The Hall–Kier alpha value is -3.91. The first-order valence-corrected chi connectivity index (χ1v) is 14.5. The van der Waals surface area contributed by atoms with Crippen LogP contribution in [-0.2, 0) is 18.0 Å². The Kier molecular flexibility index (Phi) is 7.67. The van der Waals surface area contributed by atoms with Crippen LogP contribution in [0.1, 0.15) is 58.4 Å². The largest absolute Gasteiger partial charge is 0.435 e. The number of nitrogens with zero attached hydrogens (tertiary/aromatic N) is 6. The summed E-state index contributed by atoms with van der Waals surface area (Å²) in [6.45, 7) is 2.46. The molecule has 1 aliphatic carbocycles. The fourth-order valence-electron chi connectivity index (χ4n) is 5.55. The van der Waals surface area contributed by atoms with E-state index in [0.29, 0.717) is 26.2 Å². The Balaban J connectivity index is 1.12. The van der Waals surface area contributed by atoms with Gasteiger partial charge in [0.05, 0.1) is 40.1 Å². The van der Waals surface area contributed by atoms with Crippen LogP contribution >= 0.6 is 11.6 Å². The van der Waals surface area contributed by atoms with Crippen LogP contribution in [0.15, 0.2) is 30.6 Å². The second kappa shape index (κ2) is 11.3. The highest BCUT2D eigenvalue weighted by molar-refractivity contribution is 6.34. The highest BCUT2D eigenvalue weighted by Gasteiger charge is 2.40. The summed E-state index contributed by atoms with van der Waals surface area (Å²) in [5.74, 6) is -0.991. The van der Waals surface area contributed by atoms with Gasteiger partial charge < -0.3 is 25.0 Å². The fourth-order valence-corrected chi connectivity index (χ4v) is 5.82. The molecule has 3 fully saturated rings. The van der Waals surface area contributed by atoms with Crippen LogP contribution in [0, 0.1) is 0 Å². The van der Waals surface area contributed by atoms with Crippen molar-refractivity contribution in [2.75, 3.05) is 38.0 Å². The van der Waals surface area contributed by atoms with Crippen LogP contribution in [0.25, 0.3) is 11.3 Å². The monoisotopic (exact) mass is 618 g/mol. The van der Waals surface area contributed by atoms with Crippen molar-refractivity contribution >= 4 is 35.0 Å². The van der Waals surface area contributed by atoms with Gasteiger partial charge in [-0.05, 0) is 50.4 Å². The molecule has 3 amide bonds. The van der Waals surface area contributed by atoms with Gasteiger partial charge >= 0.3 is 6.18 Å². The molecule has 1 saturated carbocycles. The third-order valence-corrected chi connectivity index (χ3v) is 8.40. The average Bonchev–Trinajstić information content (AvgIpc) is 3.33. The summed E-state index contributed by atoms with van der Waals surface area (Å²) in [4.78, 5) is 46.4. The molecule has 1 atom stereocenters.